The van der Waals surface area contributed by atoms with Crippen molar-refractivity contribution in [1.29, 1.82) is 0 Å². The highest BCUT2D eigenvalue weighted by Crippen LogP contribution is 2.37. The van der Waals surface area contributed by atoms with Gasteiger partial charge >= 0.3 is 0 Å². The van der Waals surface area contributed by atoms with Crippen molar-refractivity contribution in [2.24, 2.45) is 0 Å². The van der Waals surface area contributed by atoms with Crippen LogP contribution in [-0.2, 0) is 4.79 Å². The van der Waals surface area contributed by atoms with Gasteiger partial charge in [-0.2, -0.15) is 0 Å². The van der Waals surface area contributed by atoms with Crippen molar-refractivity contribution >= 4 is 34.4 Å². The zero-order valence-electron chi connectivity index (χ0n) is 20.4. The molecular formula is C26H28ClN7O3. The normalized spacial score (nSPS) is 14.7. The number of aromatic amines is 1. The SMILES string of the molecule is COc1ccc(-c2c(-c3ccnc(NC(=O)CN4CCN(CCO)CC4)c3)[nH]c3cc(Cl)cnc23)nc1. The summed E-state index contributed by atoms with van der Waals surface area (Å²) in [4.78, 5) is 34.0. The van der Waals surface area contributed by atoms with Gasteiger partial charge in [-0.15, -0.1) is 0 Å². The predicted octanol–water partition coefficient (Wildman–Crippen LogP) is 2.90. The Morgan fingerprint density at radius 2 is 1.92 bits per heavy atom. The molecule has 1 aliphatic heterocycles. The monoisotopic (exact) mass is 521 g/mol. The van der Waals surface area contributed by atoms with Gasteiger partial charge in [-0.3, -0.25) is 24.6 Å². The van der Waals surface area contributed by atoms with Gasteiger partial charge in [-0.25, -0.2) is 4.98 Å². The van der Waals surface area contributed by atoms with Crippen LogP contribution in [0.2, 0.25) is 5.02 Å². The van der Waals surface area contributed by atoms with Gasteiger partial charge in [0.05, 0.1) is 59.5 Å². The van der Waals surface area contributed by atoms with Crippen molar-refractivity contribution in [2.75, 3.05) is 58.3 Å². The molecule has 0 aliphatic carbocycles. The highest BCUT2D eigenvalue weighted by atomic mass is 35.5. The second kappa shape index (κ2) is 11.2. The lowest BCUT2D eigenvalue weighted by atomic mass is 10.0. The molecule has 5 heterocycles. The summed E-state index contributed by atoms with van der Waals surface area (Å²) in [5.74, 6) is 0.993. The van der Waals surface area contributed by atoms with Crippen LogP contribution < -0.4 is 10.1 Å². The second-order valence-corrected chi connectivity index (χ2v) is 9.26. The van der Waals surface area contributed by atoms with E-state index in [9.17, 15) is 4.79 Å². The van der Waals surface area contributed by atoms with Gasteiger partial charge in [0, 0.05) is 50.7 Å². The summed E-state index contributed by atoms with van der Waals surface area (Å²) >= 11 is 6.21. The van der Waals surface area contributed by atoms with Crippen LogP contribution in [0.4, 0.5) is 5.82 Å². The molecular weight excluding hydrogens is 494 g/mol. The number of aliphatic hydroxyl groups excluding tert-OH is 1. The topological polar surface area (TPSA) is 120 Å². The molecule has 1 aliphatic rings. The van der Waals surface area contributed by atoms with Crippen molar-refractivity contribution < 1.29 is 14.6 Å². The minimum atomic E-state index is -0.123. The van der Waals surface area contributed by atoms with E-state index in [2.05, 4.69) is 35.1 Å². The predicted molar refractivity (Wildman–Crippen MR) is 143 cm³/mol. The molecule has 0 aromatic carbocycles. The Hall–Kier alpha value is -3.57. The highest BCUT2D eigenvalue weighted by Gasteiger charge is 2.20. The van der Waals surface area contributed by atoms with Crippen LogP contribution in [0, 0.1) is 0 Å². The summed E-state index contributed by atoms with van der Waals surface area (Å²) in [6, 6.07) is 9.25. The summed E-state index contributed by atoms with van der Waals surface area (Å²) in [5.41, 5.74) is 4.67. The molecule has 4 aromatic heterocycles. The van der Waals surface area contributed by atoms with E-state index in [4.69, 9.17) is 21.4 Å². The van der Waals surface area contributed by atoms with Crippen molar-refractivity contribution in [3.05, 3.63) is 53.9 Å². The van der Waals surface area contributed by atoms with Crippen molar-refractivity contribution in [1.82, 2.24) is 29.7 Å². The number of nitrogens with one attached hydrogen (secondary N) is 2. The van der Waals surface area contributed by atoms with Crippen LogP contribution in [0.25, 0.3) is 33.5 Å². The van der Waals surface area contributed by atoms with Crippen LogP contribution in [0.15, 0.2) is 48.9 Å². The molecule has 1 amide bonds. The number of methoxy groups -OCH3 is 1. The number of anilines is 1. The maximum atomic E-state index is 12.8. The molecule has 0 saturated carbocycles. The molecule has 11 heteroatoms. The molecule has 0 atom stereocenters. The second-order valence-electron chi connectivity index (χ2n) is 8.83. The summed E-state index contributed by atoms with van der Waals surface area (Å²) < 4.78 is 5.26. The number of piperazine rings is 1. The molecule has 5 rings (SSSR count). The minimum Gasteiger partial charge on any atom is -0.495 e. The Kier molecular flexibility index (Phi) is 7.61. The van der Waals surface area contributed by atoms with Gasteiger partial charge in [0.25, 0.3) is 0 Å². The van der Waals surface area contributed by atoms with Gasteiger partial charge < -0.3 is 20.1 Å². The third-order valence-corrected chi connectivity index (χ3v) is 6.60. The number of aromatic nitrogens is 4. The fourth-order valence-corrected chi connectivity index (χ4v) is 4.67. The van der Waals surface area contributed by atoms with E-state index in [0.717, 1.165) is 59.7 Å². The molecule has 0 bridgehead atoms. The Bertz CT molecular complexity index is 1380. The van der Waals surface area contributed by atoms with E-state index in [1.807, 2.05) is 30.3 Å². The van der Waals surface area contributed by atoms with Crippen molar-refractivity contribution in [3.8, 4) is 28.3 Å². The number of halogens is 1. The van der Waals surface area contributed by atoms with Gasteiger partial charge in [0.15, 0.2) is 0 Å². The van der Waals surface area contributed by atoms with E-state index in [1.54, 1.807) is 25.7 Å². The van der Waals surface area contributed by atoms with Crippen LogP contribution in [-0.4, -0.2) is 93.7 Å². The molecule has 0 unspecified atom stereocenters. The van der Waals surface area contributed by atoms with E-state index >= 15 is 0 Å². The third kappa shape index (κ3) is 5.72. The fraction of sp³-hybridized carbons (Fsp3) is 0.308. The fourth-order valence-electron chi connectivity index (χ4n) is 4.52. The third-order valence-electron chi connectivity index (χ3n) is 6.39. The lowest BCUT2D eigenvalue weighted by Crippen LogP contribution is -2.49. The Morgan fingerprint density at radius 3 is 2.65 bits per heavy atom. The summed E-state index contributed by atoms with van der Waals surface area (Å²) in [7, 11) is 1.60. The summed E-state index contributed by atoms with van der Waals surface area (Å²) in [6.45, 7) is 4.34. The molecule has 37 heavy (non-hydrogen) atoms. The van der Waals surface area contributed by atoms with E-state index in [0.29, 0.717) is 23.1 Å². The van der Waals surface area contributed by atoms with Crippen molar-refractivity contribution in [2.45, 2.75) is 0 Å². The lowest BCUT2D eigenvalue weighted by molar-refractivity contribution is -0.117. The number of nitrogens with zero attached hydrogens (tertiary/aromatic N) is 5. The molecule has 1 saturated heterocycles. The molecule has 0 radical (unpaired) electrons. The number of rotatable bonds is 8. The summed E-state index contributed by atoms with van der Waals surface area (Å²) in [6.07, 6.45) is 4.93. The number of β-amino-alcohol motifs (C(OH)–C–C–N with tert-alkyl or cyclic N) is 1. The van der Waals surface area contributed by atoms with Crippen LogP contribution in [0.5, 0.6) is 5.75 Å². The first-order valence-electron chi connectivity index (χ1n) is 12.0. The number of pyridine rings is 3. The van der Waals surface area contributed by atoms with Gasteiger partial charge in [-0.05, 0) is 30.3 Å². The number of ether oxygens (including phenoxy) is 1. The smallest absolute Gasteiger partial charge is 0.239 e. The van der Waals surface area contributed by atoms with Gasteiger partial charge in [-0.1, -0.05) is 11.6 Å². The number of carbonyl (C=O) groups is 1. The number of aliphatic hydroxyl groups is 1. The van der Waals surface area contributed by atoms with Gasteiger partial charge in [0.1, 0.15) is 11.6 Å². The number of amides is 1. The number of H-pyrrole nitrogens is 1. The first-order chi connectivity index (χ1) is 18.0. The largest absolute Gasteiger partial charge is 0.495 e. The average Bonchev–Trinajstić information content (AvgIpc) is 3.29. The van der Waals surface area contributed by atoms with E-state index in [1.165, 1.54) is 0 Å². The molecule has 3 N–H and O–H groups in total. The molecule has 10 nitrogen and oxygen atoms in total. The number of carbonyl (C=O) groups excluding carboxylic acids is 1. The maximum absolute atomic E-state index is 12.8. The summed E-state index contributed by atoms with van der Waals surface area (Å²) in [5, 5.41) is 12.6. The number of hydrogen-bond acceptors (Lipinski definition) is 8. The Labute approximate surface area is 219 Å². The lowest BCUT2D eigenvalue weighted by Gasteiger charge is -2.33. The zero-order chi connectivity index (χ0) is 25.8. The Morgan fingerprint density at radius 1 is 1.11 bits per heavy atom. The number of fused-ring (bicyclic) bond motifs is 1. The average molecular weight is 522 g/mol. The van der Waals surface area contributed by atoms with E-state index < -0.39 is 0 Å². The number of hydrogen-bond donors (Lipinski definition) is 3. The molecule has 1 fully saturated rings. The molecule has 192 valence electrons. The van der Waals surface area contributed by atoms with Gasteiger partial charge in [0.2, 0.25) is 5.91 Å². The Balaban J connectivity index is 1.39. The standard InChI is InChI=1S/C26H28ClN7O3/c1-37-19-2-3-20(29-15-19)24-25(31-21-13-18(27)14-30-26(21)24)17-4-5-28-22(12-17)32-23(36)16-34-8-6-33(7-9-34)10-11-35/h2-5,12-15,31,35H,6-11,16H2,1H3,(H,28,32,36). The van der Waals surface area contributed by atoms with Crippen LogP contribution in [0.1, 0.15) is 0 Å². The first kappa shape index (κ1) is 25.1. The first-order valence-corrected chi connectivity index (χ1v) is 12.4. The van der Waals surface area contributed by atoms with Crippen LogP contribution >= 0.6 is 11.6 Å². The maximum Gasteiger partial charge on any atom is 0.239 e. The van der Waals surface area contributed by atoms with Crippen LogP contribution in [0.3, 0.4) is 0 Å². The quantitative estimate of drug-likeness (QED) is 0.324. The minimum absolute atomic E-state index is 0.123. The van der Waals surface area contributed by atoms with Crippen molar-refractivity contribution in [3.63, 3.8) is 0 Å². The van der Waals surface area contributed by atoms with E-state index in [-0.39, 0.29) is 19.1 Å². The highest BCUT2D eigenvalue weighted by molar-refractivity contribution is 6.31. The molecule has 0 spiro atoms. The zero-order valence-corrected chi connectivity index (χ0v) is 21.2. The molecule has 4 aromatic rings.